The predicted octanol–water partition coefficient (Wildman–Crippen LogP) is 1.52. The minimum Gasteiger partial charge on any atom is -0.370 e. The van der Waals surface area contributed by atoms with Crippen molar-refractivity contribution in [1.29, 1.82) is 0 Å². The van der Waals surface area contributed by atoms with Crippen LogP contribution in [0.1, 0.15) is 26.7 Å². The minimum atomic E-state index is -0.481. The highest BCUT2D eigenvalue weighted by Gasteiger charge is 2.34. The third-order valence-corrected chi connectivity index (χ3v) is 4.77. The van der Waals surface area contributed by atoms with Gasteiger partial charge in [0, 0.05) is 37.8 Å². The molecule has 0 bridgehead atoms. The van der Waals surface area contributed by atoms with Gasteiger partial charge in [0.15, 0.2) is 0 Å². The van der Waals surface area contributed by atoms with Crippen LogP contribution in [-0.4, -0.2) is 48.9 Å². The molecule has 0 aromatic heterocycles. The summed E-state index contributed by atoms with van der Waals surface area (Å²) in [6.07, 6.45) is 0.887. The summed E-state index contributed by atoms with van der Waals surface area (Å²) in [5.74, 6) is -0.998. The molecule has 0 saturated carbocycles. The number of piperidine rings is 1. The maximum Gasteiger partial charge on any atom is 0.241 e. The highest BCUT2D eigenvalue weighted by molar-refractivity contribution is 5.95. The Bertz CT molecular complexity index is 624. The van der Waals surface area contributed by atoms with Crippen LogP contribution in [0.5, 0.6) is 0 Å². The fourth-order valence-corrected chi connectivity index (χ4v) is 3.14. The van der Waals surface area contributed by atoms with E-state index in [4.69, 9.17) is 11.5 Å². The van der Waals surface area contributed by atoms with E-state index < -0.39 is 5.91 Å². The van der Waals surface area contributed by atoms with Gasteiger partial charge in [-0.2, -0.15) is 0 Å². The van der Waals surface area contributed by atoms with Crippen molar-refractivity contribution in [2.75, 3.05) is 31.1 Å². The van der Waals surface area contributed by atoms with E-state index in [2.05, 4.69) is 18.7 Å². The van der Waals surface area contributed by atoms with Crippen molar-refractivity contribution in [2.24, 2.45) is 16.9 Å². The number of halogens is 2. The molecular weight excluding hydrogens is 359 g/mol. The van der Waals surface area contributed by atoms with E-state index in [9.17, 15) is 14.0 Å². The summed E-state index contributed by atoms with van der Waals surface area (Å²) in [6.45, 7) is 6.08. The second-order valence-electron chi connectivity index (χ2n) is 7.33. The number of nitrogens with two attached hydrogens (primary N) is 2. The van der Waals surface area contributed by atoms with Gasteiger partial charge in [0.2, 0.25) is 11.8 Å². The molecule has 2 rings (SSSR count). The number of likely N-dealkylation sites (tertiary alicyclic amines) is 1. The molecule has 0 spiro atoms. The lowest BCUT2D eigenvalue weighted by atomic mass is 9.80. The van der Waals surface area contributed by atoms with Crippen molar-refractivity contribution in [1.82, 2.24) is 4.90 Å². The molecule has 1 heterocycles. The topological polar surface area (TPSA) is 92.7 Å². The lowest BCUT2D eigenvalue weighted by Gasteiger charge is -2.42. The van der Waals surface area contributed by atoms with Gasteiger partial charge in [-0.1, -0.05) is 13.8 Å². The average molecular weight is 387 g/mol. The summed E-state index contributed by atoms with van der Waals surface area (Å²) in [5.41, 5.74) is 11.9. The Morgan fingerprint density at radius 2 is 1.92 bits per heavy atom. The predicted molar refractivity (Wildman–Crippen MR) is 103 cm³/mol. The molecule has 0 aliphatic carbocycles. The summed E-state index contributed by atoms with van der Waals surface area (Å²) >= 11 is 0. The Morgan fingerprint density at radius 1 is 1.31 bits per heavy atom. The Kier molecular flexibility index (Phi) is 7.99. The quantitative estimate of drug-likeness (QED) is 0.775. The maximum atomic E-state index is 13.2. The summed E-state index contributed by atoms with van der Waals surface area (Å²) in [6, 6.07) is 5.77. The number of rotatable bonds is 6. The first kappa shape index (κ1) is 22.3. The monoisotopic (exact) mass is 386 g/mol. The van der Waals surface area contributed by atoms with Crippen molar-refractivity contribution in [3.63, 3.8) is 0 Å². The zero-order valence-electron chi connectivity index (χ0n) is 15.3. The van der Waals surface area contributed by atoms with E-state index in [1.807, 2.05) is 0 Å². The second-order valence-corrected chi connectivity index (χ2v) is 7.33. The number of carbonyl (C=O) groups excluding carboxylic acids is 2. The highest BCUT2D eigenvalue weighted by atomic mass is 35.5. The molecule has 1 fully saturated rings. The molecule has 1 aromatic rings. The fourth-order valence-electron chi connectivity index (χ4n) is 3.14. The Balaban J connectivity index is 0.00000338. The first-order chi connectivity index (χ1) is 11.7. The van der Waals surface area contributed by atoms with E-state index in [1.165, 1.54) is 29.2 Å². The molecular formula is C18H28ClFN4O2. The van der Waals surface area contributed by atoms with Gasteiger partial charge in [0.25, 0.3) is 0 Å². The molecule has 26 heavy (non-hydrogen) atoms. The molecule has 8 heteroatoms. The number of hydrogen-bond donors (Lipinski definition) is 2. The summed E-state index contributed by atoms with van der Waals surface area (Å²) in [4.78, 5) is 27.5. The summed E-state index contributed by atoms with van der Waals surface area (Å²) in [5, 5.41) is 0. The van der Waals surface area contributed by atoms with E-state index in [0.717, 1.165) is 19.5 Å². The number of primary amides is 1. The first-order valence-electron chi connectivity index (χ1n) is 8.51. The van der Waals surface area contributed by atoms with E-state index in [1.54, 1.807) is 0 Å². The molecule has 6 nitrogen and oxygen atoms in total. The van der Waals surface area contributed by atoms with Gasteiger partial charge >= 0.3 is 0 Å². The fraction of sp³-hybridized carbons (Fsp3) is 0.556. The van der Waals surface area contributed by atoms with Crippen LogP contribution in [-0.2, 0) is 9.59 Å². The maximum absolute atomic E-state index is 13.2. The average Bonchev–Trinajstić information content (AvgIpc) is 2.52. The lowest BCUT2D eigenvalue weighted by molar-refractivity contribution is -0.120. The number of nitrogens with zero attached hydrogens (tertiary/aromatic N) is 2. The normalized spacial score (nSPS) is 19.5. The standard InChI is InChI=1S/C18H27FN4O2.ClH/c1-18(2)12-22(9-7-15(18)20)11-17(25)23(10-8-16(21)24)14-5-3-13(19)4-6-14;/h3-6,15H,7-12,20H2,1-2H3,(H2,21,24);1H. The third kappa shape index (κ3) is 5.93. The number of amides is 2. The number of benzene rings is 1. The molecule has 1 aliphatic rings. The zero-order valence-corrected chi connectivity index (χ0v) is 16.1. The Morgan fingerprint density at radius 3 is 2.46 bits per heavy atom. The Hall–Kier alpha value is -1.70. The van der Waals surface area contributed by atoms with Gasteiger partial charge in [0.05, 0.1) is 6.54 Å². The van der Waals surface area contributed by atoms with Gasteiger partial charge in [-0.3, -0.25) is 14.5 Å². The van der Waals surface area contributed by atoms with Gasteiger partial charge in [0.1, 0.15) is 5.82 Å². The summed E-state index contributed by atoms with van der Waals surface area (Å²) in [7, 11) is 0. The highest BCUT2D eigenvalue weighted by Crippen LogP contribution is 2.27. The molecule has 0 radical (unpaired) electrons. The van der Waals surface area contributed by atoms with E-state index in [0.29, 0.717) is 5.69 Å². The molecule has 1 aromatic carbocycles. The molecule has 1 aliphatic heterocycles. The molecule has 1 saturated heterocycles. The molecule has 146 valence electrons. The van der Waals surface area contributed by atoms with Crippen LogP contribution < -0.4 is 16.4 Å². The van der Waals surface area contributed by atoms with Crippen LogP contribution in [0.15, 0.2) is 24.3 Å². The third-order valence-electron chi connectivity index (χ3n) is 4.77. The molecule has 4 N–H and O–H groups in total. The van der Waals surface area contributed by atoms with Crippen LogP contribution in [0, 0.1) is 11.2 Å². The molecule has 2 amide bonds. The molecule has 1 atom stereocenters. The number of carbonyl (C=O) groups is 2. The van der Waals surface area contributed by atoms with Gasteiger partial charge in [-0.05, 0) is 36.1 Å². The Labute approximate surface area is 160 Å². The van der Waals surface area contributed by atoms with Gasteiger partial charge < -0.3 is 16.4 Å². The van der Waals surface area contributed by atoms with Crippen molar-refractivity contribution in [3.05, 3.63) is 30.1 Å². The van der Waals surface area contributed by atoms with Crippen LogP contribution in [0.4, 0.5) is 10.1 Å². The second kappa shape index (κ2) is 9.30. The molecule has 1 unspecified atom stereocenters. The van der Waals surface area contributed by atoms with Crippen molar-refractivity contribution in [3.8, 4) is 0 Å². The largest absolute Gasteiger partial charge is 0.370 e. The smallest absolute Gasteiger partial charge is 0.241 e. The van der Waals surface area contributed by atoms with Gasteiger partial charge in [-0.25, -0.2) is 4.39 Å². The van der Waals surface area contributed by atoms with E-state index >= 15 is 0 Å². The van der Waals surface area contributed by atoms with Crippen molar-refractivity contribution in [2.45, 2.75) is 32.7 Å². The summed E-state index contributed by atoms with van der Waals surface area (Å²) < 4.78 is 13.2. The van der Waals surface area contributed by atoms with Crippen LogP contribution in [0.2, 0.25) is 0 Å². The van der Waals surface area contributed by atoms with Crippen molar-refractivity contribution < 1.29 is 14.0 Å². The van der Waals surface area contributed by atoms with Crippen LogP contribution in [0.3, 0.4) is 0 Å². The minimum absolute atomic E-state index is 0. The van der Waals surface area contributed by atoms with Crippen LogP contribution in [0.25, 0.3) is 0 Å². The van der Waals surface area contributed by atoms with Crippen LogP contribution >= 0.6 is 12.4 Å². The number of anilines is 1. The lowest BCUT2D eigenvalue weighted by Crippen LogP contribution is -2.54. The number of hydrogen-bond acceptors (Lipinski definition) is 4. The van der Waals surface area contributed by atoms with Gasteiger partial charge in [-0.15, -0.1) is 12.4 Å². The van der Waals surface area contributed by atoms with Crippen molar-refractivity contribution >= 4 is 29.9 Å². The zero-order chi connectivity index (χ0) is 18.6. The van der Waals surface area contributed by atoms with E-state index in [-0.39, 0.29) is 55.1 Å². The SMILES string of the molecule is CC1(C)CN(CC(=O)N(CCC(N)=O)c2ccc(F)cc2)CCC1N.Cl. The first-order valence-corrected chi connectivity index (χ1v) is 8.51.